The van der Waals surface area contributed by atoms with Gasteiger partial charge < -0.3 is 16.4 Å². The number of fused-ring (bicyclic) bond motifs is 1. The highest BCUT2D eigenvalue weighted by Crippen LogP contribution is 2.25. The summed E-state index contributed by atoms with van der Waals surface area (Å²) in [7, 11) is 0. The summed E-state index contributed by atoms with van der Waals surface area (Å²) < 4.78 is 0. The molecular weight excluding hydrogens is 214 g/mol. The fourth-order valence-corrected chi connectivity index (χ4v) is 2.29. The van der Waals surface area contributed by atoms with Crippen LogP contribution in [-0.4, -0.2) is 25.0 Å². The summed E-state index contributed by atoms with van der Waals surface area (Å²) in [6, 6.07) is 7.71. The van der Waals surface area contributed by atoms with Crippen molar-refractivity contribution in [2.75, 3.05) is 18.0 Å². The fourth-order valence-electron chi connectivity index (χ4n) is 2.29. The first kappa shape index (κ1) is 11.9. The average molecular weight is 233 g/mol. The zero-order chi connectivity index (χ0) is 12.3. The molecule has 1 amide bonds. The van der Waals surface area contributed by atoms with Crippen LogP contribution in [0.1, 0.15) is 18.4 Å². The van der Waals surface area contributed by atoms with Crippen molar-refractivity contribution in [3.05, 3.63) is 29.8 Å². The zero-order valence-corrected chi connectivity index (χ0v) is 9.93. The molecule has 2 rings (SSSR count). The third-order valence-corrected chi connectivity index (χ3v) is 3.24. The SMILES string of the molecule is NC(=O)C(N)CN1CCCCc2ccccc21. The van der Waals surface area contributed by atoms with E-state index in [2.05, 4.69) is 23.1 Å². The number of nitrogens with zero attached hydrogens (tertiary/aromatic N) is 1. The fraction of sp³-hybridized carbons (Fsp3) is 0.462. The van der Waals surface area contributed by atoms with E-state index >= 15 is 0 Å². The lowest BCUT2D eigenvalue weighted by molar-refractivity contribution is -0.119. The molecule has 0 aromatic heterocycles. The van der Waals surface area contributed by atoms with Crippen molar-refractivity contribution >= 4 is 11.6 Å². The molecule has 1 aromatic carbocycles. The van der Waals surface area contributed by atoms with Crippen molar-refractivity contribution in [3.63, 3.8) is 0 Å². The third kappa shape index (κ3) is 2.77. The van der Waals surface area contributed by atoms with Gasteiger partial charge >= 0.3 is 0 Å². The minimum Gasteiger partial charge on any atom is -0.369 e. The summed E-state index contributed by atoms with van der Waals surface area (Å²) in [6.07, 6.45) is 3.40. The van der Waals surface area contributed by atoms with Crippen molar-refractivity contribution in [3.8, 4) is 0 Å². The van der Waals surface area contributed by atoms with Crippen LogP contribution in [0.2, 0.25) is 0 Å². The van der Waals surface area contributed by atoms with Crippen LogP contribution in [0.5, 0.6) is 0 Å². The number of amides is 1. The second-order valence-corrected chi connectivity index (χ2v) is 4.54. The molecule has 0 aliphatic carbocycles. The van der Waals surface area contributed by atoms with Crippen LogP contribution in [0, 0.1) is 0 Å². The number of para-hydroxylation sites is 1. The van der Waals surface area contributed by atoms with E-state index in [0.717, 1.165) is 19.4 Å². The van der Waals surface area contributed by atoms with Gasteiger partial charge in [-0.2, -0.15) is 0 Å². The Morgan fingerprint density at radius 2 is 2.12 bits per heavy atom. The highest BCUT2D eigenvalue weighted by Gasteiger charge is 2.19. The van der Waals surface area contributed by atoms with Crippen LogP contribution in [0.15, 0.2) is 24.3 Å². The molecule has 0 spiro atoms. The van der Waals surface area contributed by atoms with E-state index < -0.39 is 11.9 Å². The normalized spacial score (nSPS) is 17.1. The van der Waals surface area contributed by atoms with Crippen LogP contribution >= 0.6 is 0 Å². The number of aryl methyl sites for hydroxylation is 1. The quantitative estimate of drug-likeness (QED) is 0.804. The molecule has 1 unspecified atom stereocenters. The Balaban J connectivity index is 2.20. The van der Waals surface area contributed by atoms with Crippen molar-refractivity contribution in [1.82, 2.24) is 0 Å². The number of hydrogen-bond acceptors (Lipinski definition) is 3. The van der Waals surface area contributed by atoms with E-state index in [-0.39, 0.29) is 0 Å². The van der Waals surface area contributed by atoms with Gasteiger partial charge in [-0.25, -0.2) is 0 Å². The van der Waals surface area contributed by atoms with Gasteiger partial charge in [0, 0.05) is 18.8 Å². The highest BCUT2D eigenvalue weighted by molar-refractivity contribution is 5.80. The molecule has 0 fully saturated rings. The minimum absolute atomic E-state index is 0.438. The van der Waals surface area contributed by atoms with Gasteiger partial charge in [0.2, 0.25) is 5.91 Å². The maximum absolute atomic E-state index is 11.0. The van der Waals surface area contributed by atoms with E-state index in [4.69, 9.17) is 11.5 Å². The number of carbonyl (C=O) groups is 1. The lowest BCUT2D eigenvalue weighted by atomic mass is 10.1. The third-order valence-electron chi connectivity index (χ3n) is 3.24. The summed E-state index contributed by atoms with van der Waals surface area (Å²) in [4.78, 5) is 13.2. The molecule has 0 radical (unpaired) electrons. The van der Waals surface area contributed by atoms with Crippen molar-refractivity contribution in [2.45, 2.75) is 25.3 Å². The molecular formula is C13H19N3O. The number of hydrogen-bond donors (Lipinski definition) is 2. The molecule has 0 bridgehead atoms. The van der Waals surface area contributed by atoms with Crippen LogP contribution in [0.3, 0.4) is 0 Å². The van der Waals surface area contributed by atoms with Gasteiger partial charge in [0.25, 0.3) is 0 Å². The summed E-state index contributed by atoms with van der Waals surface area (Å²) in [5, 5.41) is 0. The van der Waals surface area contributed by atoms with Gasteiger partial charge in [0.1, 0.15) is 6.04 Å². The van der Waals surface area contributed by atoms with Gasteiger partial charge in [0.15, 0.2) is 0 Å². The van der Waals surface area contributed by atoms with Crippen LogP contribution < -0.4 is 16.4 Å². The van der Waals surface area contributed by atoms with Crippen LogP contribution in [0.25, 0.3) is 0 Å². The topological polar surface area (TPSA) is 72.3 Å². The molecule has 4 nitrogen and oxygen atoms in total. The molecule has 0 saturated carbocycles. The van der Waals surface area contributed by atoms with E-state index in [9.17, 15) is 4.79 Å². The number of rotatable bonds is 3. The summed E-state index contributed by atoms with van der Waals surface area (Å²) in [5.41, 5.74) is 13.5. The van der Waals surface area contributed by atoms with E-state index in [1.54, 1.807) is 0 Å². The monoisotopic (exact) mass is 233 g/mol. The summed E-state index contributed by atoms with van der Waals surface area (Å²) in [5.74, 6) is -0.438. The van der Waals surface area contributed by atoms with Gasteiger partial charge in [-0.1, -0.05) is 18.2 Å². The maximum Gasteiger partial charge on any atom is 0.236 e. The lowest BCUT2D eigenvalue weighted by Crippen LogP contribution is -2.46. The second-order valence-electron chi connectivity index (χ2n) is 4.54. The van der Waals surface area contributed by atoms with E-state index in [1.165, 1.54) is 17.7 Å². The Hall–Kier alpha value is -1.55. The molecule has 1 heterocycles. The maximum atomic E-state index is 11.0. The van der Waals surface area contributed by atoms with Crippen molar-refractivity contribution in [2.24, 2.45) is 11.5 Å². The van der Waals surface area contributed by atoms with Crippen LogP contribution in [0.4, 0.5) is 5.69 Å². The first-order valence-electron chi connectivity index (χ1n) is 6.06. The first-order valence-corrected chi connectivity index (χ1v) is 6.06. The number of primary amides is 1. The Morgan fingerprint density at radius 3 is 2.88 bits per heavy atom. The lowest BCUT2D eigenvalue weighted by Gasteiger charge is -2.26. The van der Waals surface area contributed by atoms with Gasteiger partial charge in [-0.3, -0.25) is 4.79 Å². The average Bonchev–Trinajstić information content (AvgIpc) is 2.52. The number of benzene rings is 1. The minimum atomic E-state index is -0.596. The highest BCUT2D eigenvalue weighted by atomic mass is 16.1. The predicted molar refractivity (Wildman–Crippen MR) is 68.8 cm³/mol. The molecule has 17 heavy (non-hydrogen) atoms. The largest absolute Gasteiger partial charge is 0.369 e. The van der Waals surface area contributed by atoms with Crippen molar-refractivity contribution in [1.29, 1.82) is 0 Å². The molecule has 4 N–H and O–H groups in total. The Bertz CT molecular complexity index is 405. The zero-order valence-electron chi connectivity index (χ0n) is 9.93. The molecule has 1 aliphatic rings. The number of nitrogens with two attached hydrogens (primary N) is 2. The first-order chi connectivity index (χ1) is 8.18. The van der Waals surface area contributed by atoms with E-state index in [0.29, 0.717) is 6.54 Å². The molecule has 1 aromatic rings. The molecule has 1 atom stereocenters. The van der Waals surface area contributed by atoms with Gasteiger partial charge in [-0.15, -0.1) is 0 Å². The second kappa shape index (κ2) is 5.19. The van der Waals surface area contributed by atoms with Crippen molar-refractivity contribution < 1.29 is 4.79 Å². The predicted octanol–water partition coefficient (Wildman–Crippen LogP) is 0.642. The standard InChI is InChI=1S/C13H19N3O/c14-11(13(15)17)9-16-8-4-3-6-10-5-1-2-7-12(10)16/h1-2,5,7,11H,3-4,6,8-9,14H2,(H2,15,17). The van der Waals surface area contributed by atoms with E-state index in [1.807, 2.05) is 6.07 Å². The molecule has 1 aliphatic heterocycles. The van der Waals surface area contributed by atoms with Crippen LogP contribution in [-0.2, 0) is 11.2 Å². The van der Waals surface area contributed by atoms with Gasteiger partial charge in [-0.05, 0) is 30.9 Å². The molecule has 92 valence electrons. The smallest absolute Gasteiger partial charge is 0.236 e. The molecule has 4 heteroatoms. The number of anilines is 1. The Morgan fingerprint density at radius 1 is 1.35 bits per heavy atom. The number of carbonyl (C=O) groups excluding carboxylic acids is 1. The molecule has 0 saturated heterocycles. The van der Waals surface area contributed by atoms with Gasteiger partial charge in [0.05, 0.1) is 0 Å². The Kier molecular flexibility index (Phi) is 3.64. The Labute approximate surface area is 102 Å². The summed E-state index contributed by atoms with van der Waals surface area (Å²) >= 11 is 0. The summed E-state index contributed by atoms with van der Waals surface area (Å²) in [6.45, 7) is 1.45.